The number of ether oxygens (including phenoxy) is 2. The maximum Gasteiger partial charge on any atom is 0.345 e. The molecule has 4 rings (SSSR count). The summed E-state index contributed by atoms with van der Waals surface area (Å²) in [5, 5.41) is 4.40. The molecule has 28 heavy (non-hydrogen) atoms. The minimum Gasteiger partial charge on any atom is -0.477 e. The van der Waals surface area contributed by atoms with Gasteiger partial charge in [0.05, 0.1) is 18.2 Å². The summed E-state index contributed by atoms with van der Waals surface area (Å²) >= 11 is 0. The van der Waals surface area contributed by atoms with Crippen molar-refractivity contribution in [3.63, 3.8) is 0 Å². The van der Waals surface area contributed by atoms with Crippen molar-refractivity contribution in [2.24, 2.45) is 0 Å². The zero-order chi connectivity index (χ0) is 19.6. The number of hydrogen-bond acceptors (Lipinski definition) is 5. The van der Waals surface area contributed by atoms with Gasteiger partial charge in [-0.25, -0.2) is 13.9 Å². The number of aromatic nitrogens is 2. The Balaban J connectivity index is 1.70. The van der Waals surface area contributed by atoms with E-state index in [1.54, 1.807) is 6.08 Å². The van der Waals surface area contributed by atoms with Crippen LogP contribution >= 0.6 is 0 Å². The molecule has 2 unspecified atom stereocenters. The monoisotopic (exact) mass is 382 g/mol. The van der Waals surface area contributed by atoms with Gasteiger partial charge < -0.3 is 9.47 Å². The van der Waals surface area contributed by atoms with Gasteiger partial charge in [-0.2, -0.15) is 5.10 Å². The van der Waals surface area contributed by atoms with E-state index in [-0.39, 0.29) is 30.0 Å². The maximum atomic E-state index is 15.2. The van der Waals surface area contributed by atoms with Crippen molar-refractivity contribution in [1.29, 1.82) is 0 Å². The lowest BCUT2D eigenvalue weighted by Crippen LogP contribution is -2.32. The van der Waals surface area contributed by atoms with Gasteiger partial charge in [0.15, 0.2) is 12.0 Å². The number of hydrogen-bond donors (Lipinski definition) is 0. The number of allylic oxidation sites excluding steroid dienone is 4. The van der Waals surface area contributed by atoms with Crippen LogP contribution in [0.15, 0.2) is 54.6 Å². The van der Waals surface area contributed by atoms with Gasteiger partial charge in [0.25, 0.3) is 0 Å². The molecular weight excluding hydrogens is 363 g/mol. The van der Waals surface area contributed by atoms with Crippen LogP contribution in [-0.2, 0) is 22.7 Å². The second kappa shape index (κ2) is 7.42. The second-order valence-electron chi connectivity index (χ2n) is 6.72. The molecule has 0 radical (unpaired) electrons. The summed E-state index contributed by atoms with van der Waals surface area (Å²) in [7, 11) is 0. The molecule has 0 spiro atoms. The second-order valence-corrected chi connectivity index (χ2v) is 6.72. The van der Waals surface area contributed by atoms with Crippen molar-refractivity contribution < 1.29 is 23.5 Å². The normalized spacial score (nSPS) is 23.0. The molecule has 1 aromatic carbocycles. The average molecular weight is 382 g/mol. The van der Waals surface area contributed by atoms with Gasteiger partial charge in [0.2, 0.25) is 5.88 Å². The fraction of sp³-hybridized carbons (Fsp3) is 0.286. The van der Waals surface area contributed by atoms with Gasteiger partial charge in [-0.05, 0) is 11.6 Å². The van der Waals surface area contributed by atoms with Crippen LogP contribution < -0.4 is 4.74 Å². The van der Waals surface area contributed by atoms with Gasteiger partial charge in [0.1, 0.15) is 12.2 Å². The van der Waals surface area contributed by atoms with Gasteiger partial charge in [0, 0.05) is 13.0 Å². The molecule has 2 heterocycles. The number of esters is 1. The number of nitrogens with zero attached hydrogens (tertiary/aromatic N) is 2. The minimum absolute atomic E-state index is 0.0680. The number of alkyl halides is 1. The number of carbonyl (C=O) groups excluding carboxylic acids is 2. The Hall–Kier alpha value is -3.22. The molecule has 1 aliphatic heterocycles. The smallest absolute Gasteiger partial charge is 0.345 e. The Kier molecular flexibility index (Phi) is 4.81. The number of benzene rings is 1. The van der Waals surface area contributed by atoms with Crippen LogP contribution in [0.25, 0.3) is 0 Å². The molecule has 2 aromatic rings. The SMILES string of the molecule is O=CC1(F)C=CC=CC1c1nn2c(c1C(=O)OCc1ccccc1)OCCC2. The highest BCUT2D eigenvalue weighted by Gasteiger charge is 2.43. The first kappa shape index (κ1) is 18.2. The van der Waals surface area contributed by atoms with Crippen LogP contribution in [0.2, 0.25) is 0 Å². The molecule has 0 bridgehead atoms. The van der Waals surface area contributed by atoms with E-state index < -0.39 is 17.6 Å². The third-order valence-corrected chi connectivity index (χ3v) is 4.82. The minimum atomic E-state index is -2.28. The lowest BCUT2D eigenvalue weighted by atomic mass is 9.83. The van der Waals surface area contributed by atoms with Gasteiger partial charge >= 0.3 is 5.97 Å². The van der Waals surface area contributed by atoms with Crippen LogP contribution in [-0.4, -0.2) is 34.3 Å². The lowest BCUT2D eigenvalue weighted by Gasteiger charge is -2.25. The Bertz CT molecular complexity index is 951. The molecule has 2 aliphatic rings. The topological polar surface area (TPSA) is 70.4 Å². The van der Waals surface area contributed by atoms with E-state index in [9.17, 15) is 9.59 Å². The number of rotatable bonds is 5. The lowest BCUT2D eigenvalue weighted by molar-refractivity contribution is -0.116. The molecule has 0 saturated heterocycles. The highest BCUT2D eigenvalue weighted by Crippen LogP contribution is 2.40. The largest absolute Gasteiger partial charge is 0.477 e. The first-order valence-electron chi connectivity index (χ1n) is 9.08. The Morgan fingerprint density at radius 2 is 2.18 bits per heavy atom. The van der Waals surface area contributed by atoms with E-state index in [1.165, 1.54) is 22.9 Å². The summed E-state index contributed by atoms with van der Waals surface area (Å²) in [6.07, 6.45) is 6.74. The fourth-order valence-corrected chi connectivity index (χ4v) is 3.39. The van der Waals surface area contributed by atoms with E-state index in [0.717, 1.165) is 12.0 Å². The number of carbonyl (C=O) groups is 2. The fourth-order valence-electron chi connectivity index (χ4n) is 3.39. The first-order chi connectivity index (χ1) is 13.6. The summed E-state index contributed by atoms with van der Waals surface area (Å²) in [6.45, 7) is 1.04. The van der Waals surface area contributed by atoms with Crippen LogP contribution in [0.4, 0.5) is 4.39 Å². The first-order valence-corrected chi connectivity index (χ1v) is 9.08. The van der Waals surface area contributed by atoms with Gasteiger partial charge in [-0.3, -0.25) is 4.79 Å². The van der Waals surface area contributed by atoms with Crippen LogP contribution in [0.5, 0.6) is 5.88 Å². The predicted molar refractivity (Wildman–Crippen MR) is 98.8 cm³/mol. The van der Waals surface area contributed by atoms with E-state index in [4.69, 9.17) is 9.47 Å². The van der Waals surface area contributed by atoms with E-state index in [2.05, 4.69) is 5.10 Å². The third-order valence-electron chi connectivity index (χ3n) is 4.82. The summed E-state index contributed by atoms with van der Waals surface area (Å²) in [6, 6.07) is 9.24. The zero-order valence-electron chi connectivity index (χ0n) is 15.1. The highest BCUT2D eigenvalue weighted by molar-refractivity contribution is 5.94. The van der Waals surface area contributed by atoms with Crippen LogP contribution in [0.3, 0.4) is 0 Å². The van der Waals surface area contributed by atoms with Crippen LogP contribution in [0, 0.1) is 0 Å². The summed E-state index contributed by atoms with van der Waals surface area (Å²) in [5.74, 6) is -1.43. The van der Waals surface area contributed by atoms with Crippen molar-refractivity contribution in [2.45, 2.75) is 31.2 Å². The summed E-state index contributed by atoms with van der Waals surface area (Å²) in [5.41, 5.74) is -1.24. The summed E-state index contributed by atoms with van der Waals surface area (Å²) < 4.78 is 27.8. The Morgan fingerprint density at radius 3 is 2.96 bits per heavy atom. The summed E-state index contributed by atoms with van der Waals surface area (Å²) in [4.78, 5) is 24.4. The van der Waals surface area contributed by atoms with Crippen molar-refractivity contribution >= 4 is 12.3 Å². The molecule has 1 aromatic heterocycles. The van der Waals surface area contributed by atoms with Crippen molar-refractivity contribution in [1.82, 2.24) is 9.78 Å². The zero-order valence-corrected chi connectivity index (χ0v) is 15.1. The number of aldehydes is 1. The molecule has 1 aliphatic carbocycles. The average Bonchev–Trinajstić information content (AvgIpc) is 3.12. The predicted octanol–water partition coefficient (Wildman–Crippen LogP) is 3.14. The number of halogens is 1. The number of fused-ring (bicyclic) bond motifs is 1. The quantitative estimate of drug-likeness (QED) is 0.587. The molecule has 0 amide bonds. The Morgan fingerprint density at radius 1 is 1.36 bits per heavy atom. The molecule has 0 saturated carbocycles. The van der Waals surface area contributed by atoms with E-state index >= 15 is 4.39 Å². The standard InChI is InChI=1S/C21H19FN2O4/c22-21(14-25)10-5-4-9-16(21)18-17(19-24(23-18)11-6-12-27-19)20(26)28-13-15-7-2-1-3-8-15/h1-5,7-10,14,16H,6,11-13H2. The molecule has 0 N–H and O–H groups in total. The third kappa shape index (κ3) is 3.24. The molecule has 2 atom stereocenters. The molecule has 6 nitrogen and oxygen atoms in total. The highest BCUT2D eigenvalue weighted by atomic mass is 19.1. The van der Waals surface area contributed by atoms with Crippen molar-refractivity contribution in [2.75, 3.05) is 6.61 Å². The van der Waals surface area contributed by atoms with Crippen molar-refractivity contribution in [3.05, 3.63) is 71.5 Å². The van der Waals surface area contributed by atoms with Crippen molar-refractivity contribution in [3.8, 4) is 5.88 Å². The van der Waals surface area contributed by atoms with E-state index in [0.29, 0.717) is 13.2 Å². The van der Waals surface area contributed by atoms with Crippen LogP contribution in [0.1, 0.15) is 34.0 Å². The van der Waals surface area contributed by atoms with E-state index in [1.807, 2.05) is 30.3 Å². The number of aryl methyl sites for hydroxylation is 1. The molecule has 0 fully saturated rings. The Labute approximate surface area is 161 Å². The molecule has 7 heteroatoms. The molecular formula is C21H19FN2O4. The van der Waals surface area contributed by atoms with Gasteiger partial charge in [-0.15, -0.1) is 0 Å². The molecule has 144 valence electrons. The maximum absolute atomic E-state index is 15.2. The van der Waals surface area contributed by atoms with Gasteiger partial charge in [-0.1, -0.05) is 48.6 Å².